The first-order valence-corrected chi connectivity index (χ1v) is 3.78. The van der Waals surface area contributed by atoms with Crippen LogP contribution >= 0.6 is 0 Å². The average molecular weight is 166 g/mol. The van der Waals surface area contributed by atoms with Crippen LogP contribution in [-0.2, 0) is 9.53 Å². The number of allylic oxidation sites excluding steroid dienone is 3. The summed E-state index contributed by atoms with van der Waals surface area (Å²) < 4.78 is 4.93. The first-order chi connectivity index (χ1) is 5.61. The van der Waals surface area contributed by atoms with Gasteiger partial charge in [0.1, 0.15) is 5.76 Å². The molecule has 2 heteroatoms. The van der Waals surface area contributed by atoms with E-state index in [0.29, 0.717) is 5.76 Å². The molecule has 0 aromatic carbocycles. The highest BCUT2D eigenvalue weighted by Gasteiger charge is 2.08. The summed E-state index contributed by atoms with van der Waals surface area (Å²) in [5, 5.41) is 0. The van der Waals surface area contributed by atoms with Crippen LogP contribution in [0.3, 0.4) is 0 Å². The third-order valence-electron chi connectivity index (χ3n) is 1.17. The Kier molecular flexibility index (Phi) is 4.77. The Morgan fingerprint density at radius 3 is 2.33 bits per heavy atom. The van der Waals surface area contributed by atoms with E-state index in [-0.39, 0.29) is 11.9 Å². The summed E-state index contributed by atoms with van der Waals surface area (Å²) in [4.78, 5) is 11.0. The second-order valence-electron chi connectivity index (χ2n) is 2.58. The van der Waals surface area contributed by atoms with Gasteiger partial charge in [-0.15, -0.1) is 0 Å². The topological polar surface area (TPSA) is 26.3 Å². The van der Waals surface area contributed by atoms with Crippen LogP contribution in [0, 0.1) is 5.92 Å². The molecule has 0 saturated heterocycles. The van der Waals surface area contributed by atoms with E-state index in [2.05, 4.69) is 13.2 Å². The van der Waals surface area contributed by atoms with Gasteiger partial charge in [0.05, 0.1) is 5.92 Å². The molecular weight excluding hydrogens is 152 g/mol. The van der Waals surface area contributed by atoms with Gasteiger partial charge >= 0.3 is 5.97 Å². The molecule has 0 aliphatic carbocycles. The lowest BCUT2D eigenvalue weighted by atomic mass is 10.2. The molecule has 0 aliphatic heterocycles. The first kappa shape index (κ1) is 10.7. The molecule has 0 bridgehead atoms. The van der Waals surface area contributed by atoms with E-state index < -0.39 is 0 Å². The lowest BCUT2D eigenvalue weighted by Gasteiger charge is -2.05. The van der Waals surface area contributed by atoms with Crippen LogP contribution in [0.2, 0.25) is 0 Å². The van der Waals surface area contributed by atoms with Gasteiger partial charge in [0, 0.05) is 0 Å². The minimum absolute atomic E-state index is 0.127. The number of ether oxygens (including phenoxy) is 1. The Labute approximate surface area is 73.2 Å². The zero-order valence-corrected chi connectivity index (χ0v) is 7.54. The molecule has 2 nitrogen and oxygen atoms in total. The smallest absolute Gasteiger partial charge is 0.313 e. The van der Waals surface area contributed by atoms with E-state index in [1.165, 1.54) is 6.08 Å². The Morgan fingerprint density at radius 1 is 1.42 bits per heavy atom. The Balaban J connectivity index is 4.21. The third kappa shape index (κ3) is 3.76. The maximum absolute atomic E-state index is 11.0. The van der Waals surface area contributed by atoms with E-state index in [9.17, 15) is 4.79 Å². The van der Waals surface area contributed by atoms with Gasteiger partial charge in [0.15, 0.2) is 0 Å². The number of hydrogen-bond donors (Lipinski definition) is 0. The molecule has 0 unspecified atom stereocenters. The monoisotopic (exact) mass is 166 g/mol. The van der Waals surface area contributed by atoms with Crippen molar-refractivity contribution in [3.8, 4) is 0 Å². The molecule has 0 saturated carbocycles. The van der Waals surface area contributed by atoms with Crippen LogP contribution in [0.4, 0.5) is 0 Å². The predicted octanol–water partition coefficient (Wildman–Crippen LogP) is 2.44. The van der Waals surface area contributed by atoms with Crippen molar-refractivity contribution in [3.63, 3.8) is 0 Å². The van der Waals surface area contributed by atoms with E-state index in [0.717, 1.165) is 0 Å². The van der Waals surface area contributed by atoms with Crippen LogP contribution in [0.15, 0.2) is 37.1 Å². The molecular formula is C10H14O2. The first-order valence-electron chi connectivity index (χ1n) is 3.78. The number of hydrogen-bond acceptors (Lipinski definition) is 2. The fraction of sp³-hybridized carbons (Fsp3) is 0.300. The Hall–Kier alpha value is -1.31. The van der Waals surface area contributed by atoms with E-state index in [1.54, 1.807) is 26.0 Å². The van der Waals surface area contributed by atoms with Crippen molar-refractivity contribution in [1.82, 2.24) is 0 Å². The second kappa shape index (κ2) is 5.35. The molecule has 0 aliphatic rings. The van der Waals surface area contributed by atoms with Gasteiger partial charge in [-0.3, -0.25) is 4.79 Å². The number of carbonyl (C=O) groups excluding carboxylic acids is 1. The molecule has 0 rings (SSSR count). The highest BCUT2D eigenvalue weighted by molar-refractivity contribution is 5.73. The van der Waals surface area contributed by atoms with E-state index >= 15 is 0 Å². The fourth-order valence-corrected chi connectivity index (χ4v) is 0.494. The van der Waals surface area contributed by atoms with Crippen molar-refractivity contribution in [3.05, 3.63) is 37.1 Å². The van der Waals surface area contributed by atoms with Gasteiger partial charge in [0.2, 0.25) is 0 Å². The Bertz CT molecular complexity index is 212. The van der Waals surface area contributed by atoms with E-state index in [4.69, 9.17) is 4.74 Å². The molecule has 12 heavy (non-hydrogen) atoms. The van der Waals surface area contributed by atoms with Crippen molar-refractivity contribution in [1.29, 1.82) is 0 Å². The van der Waals surface area contributed by atoms with Gasteiger partial charge in [0.25, 0.3) is 0 Å². The van der Waals surface area contributed by atoms with Gasteiger partial charge in [-0.2, -0.15) is 0 Å². The molecule has 0 amide bonds. The summed E-state index contributed by atoms with van der Waals surface area (Å²) >= 11 is 0. The van der Waals surface area contributed by atoms with Crippen LogP contribution in [0.25, 0.3) is 0 Å². The molecule has 66 valence electrons. The molecule has 0 spiro atoms. The van der Waals surface area contributed by atoms with E-state index in [1.807, 2.05) is 0 Å². The van der Waals surface area contributed by atoms with Crippen LogP contribution in [0.1, 0.15) is 13.8 Å². The van der Waals surface area contributed by atoms with Crippen LogP contribution in [0.5, 0.6) is 0 Å². The van der Waals surface area contributed by atoms with Crippen molar-refractivity contribution in [2.45, 2.75) is 13.8 Å². The van der Waals surface area contributed by atoms with Gasteiger partial charge in [-0.25, -0.2) is 0 Å². The standard InChI is InChI=1S/C10H14O2/c1-5-7-9(6-2)12-10(11)8(3)4/h5-8H,1-2H2,3-4H3/b9-7+. The minimum atomic E-state index is -0.261. The average Bonchev–Trinajstić information content (AvgIpc) is 2.03. The van der Waals surface area contributed by atoms with Crippen LogP contribution in [-0.4, -0.2) is 5.97 Å². The Morgan fingerprint density at radius 2 is 2.00 bits per heavy atom. The molecule has 0 fully saturated rings. The summed E-state index contributed by atoms with van der Waals surface area (Å²) in [6, 6.07) is 0. The zero-order chi connectivity index (χ0) is 9.56. The maximum Gasteiger partial charge on any atom is 0.313 e. The summed E-state index contributed by atoms with van der Waals surface area (Å²) in [5.74, 6) is 0.0462. The number of esters is 1. The largest absolute Gasteiger partial charge is 0.426 e. The second-order valence-corrected chi connectivity index (χ2v) is 2.58. The molecule has 0 aromatic heterocycles. The maximum atomic E-state index is 11.0. The van der Waals surface area contributed by atoms with Gasteiger partial charge in [-0.1, -0.05) is 33.1 Å². The summed E-state index contributed by atoms with van der Waals surface area (Å²) in [6.45, 7) is 10.5. The van der Waals surface area contributed by atoms with Gasteiger partial charge in [-0.05, 0) is 12.2 Å². The lowest BCUT2D eigenvalue weighted by molar-refractivity contribution is -0.142. The summed E-state index contributed by atoms with van der Waals surface area (Å²) in [5.41, 5.74) is 0. The number of rotatable bonds is 4. The fourth-order valence-electron chi connectivity index (χ4n) is 0.494. The molecule has 0 N–H and O–H groups in total. The van der Waals surface area contributed by atoms with Crippen molar-refractivity contribution in [2.24, 2.45) is 5.92 Å². The molecule has 0 atom stereocenters. The van der Waals surface area contributed by atoms with Crippen molar-refractivity contribution < 1.29 is 9.53 Å². The molecule has 0 heterocycles. The third-order valence-corrected chi connectivity index (χ3v) is 1.17. The predicted molar refractivity (Wildman–Crippen MR) is 49.4 cm³/mol. The quantitative estimate of drug-likeness (QED) is 0.364. The van der Waals surface area contributed by atoms with Crippen LogP contribution < -0.4 is 0 Å². The lowest BCUT2D eigenvalue weighted by Crippen LogP contribution is -2.10. The normalized spacial score (nSPS) is 11.1. The van der Waals surface area contributed by atoms with Crippen molar-refractivity contribution in [2.75, 3.05) is 0 Å². The molecule has 0 aromatic rings. The molecule has 0 radical (unpaired) electrons. The minimum Gasteiger partial charge on any atom is -0.426 e. The summed E-state index contributed by atoms with van der Waals surface area (Å²) in [7, 11) is 0. The summed E-state index contributed by atoms with van der Waals surface area (Å²) in [6.07, 6.45) is 4.61. The SMILES string of the molecule is C=C/C=C(\C=C)OC(=O)C(C)C. The van der Waals surface area contributed by atoms with Gasteiger partial charge < -0.3 is 4.74 Å². The highest BCUT2D eigenvalue weighted by atomic mass is 16.5. The highest BCUT2D eigenvalue weighted by Crippen LogP contribution is 2.04. The number of carbonyl (C=O) groups is 1. The zero-order valence-electron chi connectivity index (χ0n) is 7.54. The van der Waals surface area contributed by atoms with Crippen molar-refractivity contribution >= 4 is 5.97 Å².